The molecule has 3 rings (SSSR count). The molecule has 0 aliphatic heterocycles. The summed E-state index contributed by atoms with van der Waals surface area (Å²) in [5.74, 6) is 0. The van der Waals surface area contributed by atoms with Crippen LogP contribution in [0.5, 0.6) is 0 Å². The Morgan fingerprint density at radius 2 is 2.17 bits per heavy atom. The van der Waals surface area contributed by atoms with Gasteiger partial charge in [0.25, 0.3) is 0 Å². The van der Waals surface area contributed by atoms with E-state index < -0.39 is 0 Å². The first-order chi connectivity index (χ1) is 8.79. The van der Waals surface area contributed by atoms with E-state index in [0.717, 1.165) is 23.3 Å². The maximum atomic E-state index is 4.58. The number of nitrogens with one attached hydrogen (secondary N) is 2. The predicted molar refractivity (Wildman–Crippen MR) is 73.3 cm³/mol. The number of aromatic nitrogens is 3. The Kier molecular flexibility index (Phi) is 2.64. The van der Waals surface area contributed by atoms with Gasteiger partial charge in [-0.15, -0.1) is 0 Å². The van der Waals surface area contributed by atoms with Crippen LogP contribution in [0.25, 0.3) is 22.2 Å². The molecule has 0 spiro atoms. The second kappa shape index (κ2) is 4.31. The van der Waals surface area contributed by atoms with Crippen molar-refractivity contribution >= 4 is 10.9 Å². The first kappa shape index (κ1) is 11.0. The van der Waals surface area contributed by atoms with Crippen molar-refractivity contribution in [3.05, 3.63) is 42.2 Å². The van der Waals surface area contributed by atoms with E-state index in [2.05, 4.69) is 39.8 Å². The molecule has 3 aromatic rings. The molecule has 92 valence electrons. The van der Waals surface area contributed by atoms with Crippen molar-refractivity contribution in [2.24, 2.45) is 7.05 Å². The minimum atomic E-state index is 0.822. The molecule has 18 heavy (non-hydrogen) atoms. The monoisotopic (exact) mass is 240 g/mol. The van der Waals surface area contributed by atoms with Gasteiger partial charge in [-0.05, 0) is 13.1 Å². The van der Waals surface area contributed by atoms with E-state index in [1.165, 1.54) is 10.9 Å². The summed E-state index contributed by atoms with van der Waals surface area (Å²) >= 11 is 0. The average molecular weight is 240 g/mol. The maximum Gasteiger partial charge on any atom is 0.0989 e. The molecule has 1 aromatic carbocycles. The van der Waals surface area contributed by atoms with Gasteiger partial charge in [0.15, 0.2) is 0 Å². The molecule has 0 saturated carbocycles. The van der Waals surface area contributed by atoms with Crippen molar-refractivity contribution in [2.75, 3.05) is 7.05 Å². The summed E-state index contributed by atoms with van der Waals surface area (Å²) in [4.78, 5) is 3.30. The smallest absolute Gasteiger partial charge is 0.0989 e. The molecule has 0 aliphatic rings. The molecule has 2 heterocycles. The minimum absolute atomic E-state index is 0.822. The lowest BCUT2D eigenvalue weighted by molar-refractivity contribution is 0.766. The summed E-state index contributed by atoms with van der Waals surface area (Å²) in [6, 6.07) is 8.30. The summed E-state index contributed by atoms with van der Waals surface area (Å²) < 4.78 is 1.86. The Bertz CT molecular complexity index is 678. The number of H-pyrrole nitrogens is 1. The number of fused-ring (bicyclic) bond motifs is 1. The van der Waals surface area contributed by atoms with Gasteiger partial charge >= 0.3 is 0 Å². The lowest BCUT2D eigenvalue weighted by Crippen LogP contribution is -2.05. The Morgan fingerprint density at radius 1 is 1.33 bits per heavy atom. The van der Waals surface area contributed by atoms with Gasteiger partial charge in [0, 0.05) is 48.0 Å². The van der Waals surface area contributed by atoms with E-state index in [0.29, 0.717) is 0 Å². The SMILES string of the molecule is CNCc1cn(C)nc1-c1c[nH]c2ccccc12. The van der Waals surface area contributed by atoms with E-state index in [9.17, 15) is 0 Å². The highest BCUT2D eigenvalue weighted by Gasteiger charge is 2.13. The van der Waals surface area contributed by atoms with Crippen LogP contribution in [0, 0.1) is 0 Å². The van der Waals surface area contributed by atoms with Gasteiger partial charge in [0.05, 0.1) is 5.69 Å². The molecule has 0 unspecified atom stereocenters. The third-order valence-electron chi connectivity index (χ3n) is 3.12. The molecule has 4 nitrogen and oxygen atoms in total. The van der Waals surface area contributed by atoms with Gasteiger partial charge < -0.3 is 10.3 Å². The van der Waals surface area contributed by atoms with E-state index in [1.54, 1.807) is 0 Å². The van der Waals surface area contributed by atoms with Crippen molar-refractivity contribution in [3.63, 3.8) is 0 Å². The van der Waals surface area contributed by atoms with Gasteiger partial charge in [0.1, 0.15) is 0 Å². The Morgan fingerprint density at radius 3 is 3.00 bits per heavy atom. The molecule has 0 fully saturated rings. The first-order valence-corrected chi connectivity index (χ1v) is 6.03. The van der Waals surface area contributed by atoms with Crippen molar-refractivity contribution in [1.29, 1.82) is 0 Å². The van der Waals surface area contributed by atoms with Gasteiger partial charge in [-0.1, -0.05) is 18.2 Å². The summed E-state index contributed by atoms with van der Waals surface area (Å²) in [6.07, 6.45) is 4.10. The fourth-order valence-corrected chi connectivity index (χ4v) is 2.35. The minimum Gasteiger partial charge on any atom is -0.360 e. The Hall–Kier alpha value is -2.07. The normalized spacial score (nSPS) is 11.2. The largest absolute Gasteiger partial charge is 0.360 e. The highest BCUT2D eigenvalue weighted by Crippen LogP contribution is 2.29. The van der Waals surface area contributed by atoms with Crippen LogP contribution in [-0.4, -0.2) is 21.8 Å². The second-order valence-electron chi connectivity index (χ2n) is 4.45. The number of hydrogen-bond donors (Lipinski definition) is 2. The number of nitrogens with zero attached hydrogens (tertiary/aromatic N) is 2. The molecule has 0 radical (unpaired) electrons. The van der Waals surface area contributed by atoms with Crippen LogP contribution in [-0.2, 0) is 13.6 Å². The zero-order valence-electron chi connectivity index (χ0n) is 10.6. The number of rotatable bonds is 3. The fourth-order valence-electron chi connectivity index (χ4n) is 2.35. The van der Waals surface area contributed by atoms with E-state index in [4.69, 9.17) is 0 Å². The zero-order chi connectivity index (χ0) is 12.5. The van der Waals surface area contributed by atoms with Crippen LogP contribution in [0.1, 0.15) is 5.56 Å². The Labute approximate surface area is 106 Å². The standard InChI is InChI=1S/C14H16N4/c1-15-7-10-9-18(2)17-14(10)12-8-16-13-6-4-3-5-11(12)13/h3-6,8-9,15-16H,7H2,1-2H3. The van der Waals surface area contributed by atoms with Gasteiger partial charge in [-0.2, -0.15) is 5.10 Å². The molecule has 0 saturated heterocycles. The number of aryl methyl sites for hydroxylation is 1. The maximum absolute atomic E-state index is 4.58. The van der Waals surface area contributed by atoms with Crippen LogP contribution in [0.3, 0.4) is 0 Å². The number of benzene rings is 1. The topological polar surface area (TPSA) is 45.6 Å². The second-order valence-corrected chi connectivity index (χ2v) is 4.45. The molecule has 4 heteroatoms. The first-order valence-electron chi connectivity index (χ1n) is 6.03. The molecule has 2 N–H and O–H groups in total. The van der Waals surface area contributed by atoms with E-state index in [-0.39, 0.29) is 0 Å². The summed E-state index contributed by atoms with van der Waals surface area (Å²) in [5, 5.41) is 8.98. The van der Waals surface area contributed by atoms with Gasteiger partial charge in [-0.25, -0.2) is 0 Å². The average Bonchev–Trinajstić information content (AvgIpc) is 2.93. The third-order valence-corrected chi connectivity index (χ3v) is 3.12. The summed E-state index contributed by atoms with van der Waals surface area (Å²) in [6.45, 7) is 0.822. The molecular formula is C14H16N4. The van der Waals surface area contributed by atoms with E-state index >= 15 is 0 Å². The van der Waals surface area contributed by atoms with Crippen molar-refractivity contribution in [2.45, 2.75) is 6.54 Å². The molecule has 0 aliphatic carbocycles. The molecular weight excluding hydrogens is 224 g/mol. The van der Waals surface area contributed by atoms with Gasteiger partial charge in [0.2, 0.25) is 0 Å². The van der Waals surface area contributed by atoms with Crippen LogP contribution < -0.4 is 5.32 Å². The predicted octanol–water partition coefficient (Wildman–Crippen LogP) is 2.29. The molecule has 2 aromatic heterocycles. The highest BCUT2D eigenvalue weighted by atomic mass is 15.3. The van der Waals surface area contributed by atoms with Gasteiger partial charge in [-0.3, -0.25) is 4.68 Å². The lowest BCUT2D eigenvalue weighted by Gasteiger charge is -2.00. The van der Waals surface area contributed by atoms with Crippen LogP contribution >= 0.6 is 0 Å². The Balaban J connectivity index is 2.19. The molecule has 0 bridgehead atoms. The lowest BCUT2D eigenvalue weighted by atomic mass is 10.1. The highest BCUT2D eigenvalue weighted by molar-refractivity contribution is 5.95. The zero-order valence-corrected chi connectivity index (χ0v) is 10.6. The van der Waals surface area contributed by atoms with Crippen molar-refractivity contribution < 1.29 is 0 Å². The third kappa shape index (κ3) is 1.71. The van der Waals surface area contributed by atoms with Crippen molar-refractivity contribution in [3.8, 4) is 11.3 Å². The number of para-hydroxylation sites is 1. The number of hydrogen-bond acceptors (Lipinski definition) is 2. The van der Waals surface area contributed by atoms with E-state index in [1.807, 2.05) is 31.0 Å². The van der Waals surface area contributed by atoms with Crippen LogP contribution in [0.15, 0.2) is 36.7 Å². The van der Waals surface area contributed by atoms with Crippen molar-refractivity contribution in [1.82, 2.24) is 20.1 Å². The fraction of sp³-hybridized carbons (Fsp3) is 0.214. The van der Waals surface area contributed by atoms with Crippen LogP contribution in [0.2, 0.25) is 0 Å². The quantitative estimate of drug-likeness (QED) is 0.737. The van der Waals surface area contributed by atoms with Crippen LogP contribution in [0.4, 0.5) is 0 Å². The number of aromatic amines is 1. The summed E-state index contributed by atoms with van der Waals surface area (Å²) in [5.41, 5.74) is 4.57. The molecule has 0 atom stereocenters. The summed E-state index contributed by atoms with van der Waals surface area (Å²) in [7, 11) is 3.91. The molecule has 0 amide bonds.